The Morgan fingerprint density at radius 2 is 1.88 bits per heavy atom. The minimum absolute atomic E-state index is 0.0643. The molecule has 182 valence electrons. The molecule has 0 heterocycles. The Hall–Kier alpha value is -1.14. The highest BCUT2D eigenvalue weighted by Crippen LogP contribution is 2.68. The number of rotatable bonds is 6. The number of fused-ring (bicyclic) bond motifs is 5. The van der Waals surface area contributed by atoms with Gasteiger partial charge < -0.3 is 20.6 Å². The molecular formula is C26H43NO5. The predicted molar refractivity (Wildman–Crippen MR) is 122 cm³/mol. The van der Waals surface area contributed by atoms with Crippen LogP contribution in [-0.2, 0) is 9.59 Å². The standard InChI is InChI=1S/C26H43NO5/c1-15(4-7-22(30)27-14-23(31)32)18-5-6-19-24-20(9-11-26(18,19)3)25(2)10-8-17(28)12-16(25)13-21(24)29/h15-21,24,28-29H,4-14H2,1-3H3,(H,27,30)(H,31,32)/t15?,16-,17?,18?,19?,20?,21-,24-,25-,26+/m1/s1/i8D2,12D2,17D. The fourth-order valence-electron chi connectivity index (χ4n) is 8.19. The lowest BCUT2D eigenvalue weighted by molar-refractivity contribution is -0.174. The summed E-state index contributed by atoms with van der Waals surface area (Å²) in [5.74, 6) is -1.58. The van der Waals surface area contributed by atoms with Gasteiger partial charge in [-0.2, -0.15) is 0 Å². The molecule has 4 saturated carbocycles. The van der Waals surface area contributed by atoms with Crippen LogP contribution in [0.25, 0.3) is 0 Å². The molecule has 0 aromatic heterocycles. The quantitative estimate of drug-likeness (QED) is 0.491. The van der Waals surface area contributed by atoms with Gasteiger partial charge in [0.25, 0.3) is 0 Å². The van der Waals surface area contributed by atoms with Crippen LogP contribution in [0.3, 0.4) is 0 Å². The summed E-state index contributed by atoms with van der Waals surface area (Å²) in [5.41, 5.74) is -0.845. The van der Waals surface area contributed by atoms with E-state index in [0.717, 1.165) is 25.7 Å². The molecule has 10 atom stereocenters. The lowest BCUT2D eigenvalue weighted by Crippen LogP contribution is -2.58. The van der Waals surface area contributed by atoms with Crippen molar-refractivity contribution in [2.24, 2.45) is 46.3 Å². The first kappa shape index (κ1) is 18.2. The van der Waals surface area contributed by atoms with Crippen molar-refractivity contribution in [3.8, 4) is 0 Å². The maximum atomic E-state index is 12.1. The van der Waals surface area contributed by atoms with Gasteiger partial charge in [0.05, 0.1) is 13.6 Å². The summed E-state index contributed by atoms with van der Waals surface area (Å²) in [4.78, 5) is 22.8. The lowest BCUT2D eigenvalue weighted by atomic mass is 9.43. The van der Waals surface area contributed by atoms with Crippen molar-refractivity contribution >= 4 is 11.9 Å². The number of carboxylic acids is 1. The summed E-state index contributed by atoms with van der Waals surface area (Å²) in [6.07, 6.45) is -4.18. The van der Waals surface area contributed by atoms with Crippen LogP contribution in [-0.4, -0.2) is 45.9 Å². The summed E-state index contributed by atoms with van der Waals surface area (Å²) in [5, 5.41) is 33.3. The Morgan fingerprint density at radius 3 is 2.59 bits per heavy atom. The molecule has 4 aliphatic rings. The maximum absolute atomic E-state index is 12.1. The van der Waals surface area contributed by atoms with Crippen LogP contribution in [0.4, 0.5) is 0 Å². The molecule has 0 spiro atoms. The number of carbonyl (C=O) groups is 2. The second-order valence-corrected chi connectivity index (χ2v) is 11.4. The number of carboxylic acid groups (broad SMARTS) is 1. The zero-order valence-corrected chi connectivity index (χ0v) is 19.6. The van der Waals surface area contributed by atoms with Crippen molar-refractivity contribution in [1.82, 2.24) is 5.32 Å². The third-order valence-electron chi connectivity index (χ3n) is 9.87. The first-order valence-corrected chi connectivity index (χ1v) is 12.3. The number of hydrogen-bond acceptors (Lipinski definition) is 4. The van der Waals surface area contributed by atoms with Gasteiger partial charge in [0, 0.05) is 11.9 Å². The summed E-state index contributed by atoms with van der Waals surface area (Å²) >= 11 is 0. The number of amides is 1. The molecule has 0 bridgehead atoms. The molecule has 0 aromatic rings. The van der Waals surface area contributed by atoms with E-state index in [9.17, 15) is 19.8 Å². The first-order chi connectivity index (χ1) is 16.9. The van der Waals surface area contributed by atoms with Crippen molar-refractivity contribution in [2.45, 2.75) is 97.1 Å². The van der Waals surface area contributed by atoms with E-state index in [1.165, 1.54) is 0 Å². The van der Waals surface area contributed by atoms with Crippen molar-refractivity contribution in [1.29, 1.82) is 0 Å². The van der Waals surface area contributed by atoms with Gasteiger partial charge in [-0.15, -0.1) is 0 Å². The van der Waals surface area contributed by atoms with Gasteiger partial charge in [-0.05, 0) is 104 Å². The average molecular weight is 455 g/mol. The van der Waals surface area contributed by atoms with Crippen LogP contribution < -0.4 is 5.32 Å². The second kappa shape index (κ2) is 8.90. The van der Waals surface area contributed by atoms with Gasteiger partial charge in [0.15, 0.2) is 0 Å². The Morgan fingerprint density at radius 1 is 1.16 bits per heavy atom. The van der Waals surface area contributed by atoms with E-state index in [1.807, 2.05) is 6.92 Å². The number of hydrogen-bond donors (Lipinski definition) is 4. The molecule has 0 radical (unpaired) electrons. The number of nitrogens with one attached hydrogen (secondary N) is 1. The average Bonchev–Trinajstić information content (AvgIpc) is 3.13. The van der Waals surface area contributed by atoms with Gasteiger partial charge in [-0.25, -0.2) is 0 Å². The van der Waals surface area contributed by atoms with Crippen LogP contribution in [0.15, 0.2) is 0 Å². The molecule has 6 heteroatoms. The fourth-order valence-corrected chi connectivity index (χ4v) is 8.19. The van der Waals surface area contributed by atoms with Crippen molar-refractivity contribution < 1.29 is 31.8 Å². The Kier molecular flexibility index (Phi) is 5.07. The van der Waals surface area contributed by atoms with E-state index in [-0.39, 0.29) is 60.8 Å². The predicted octanol–water partition coefficient (Wildman–Crippen LogP) is 3.59. The molecular weight excluding hydrogens is 406 g/mol. The highest BCUT2D eigenvalue weighted by atomic mass is 16.4. The fraction of sp³-hybridized carbons (Fsp3) is 0.923. The largest absolute Gasteiger partial charge is 0.480 e. The van der Waals surface area contributed by atoms with Gasteiger partial charge >= 0.3 is 5.97 Å². The zero-order chi connectivity index (χ0) is 27.8. The van der Waals surface area contributed by atoms with Crippen LogP contribution >= 0.6 is 0 Å². The number of aliphatic hydroxyl groups is 2. The van der Waals surface area contributed by atoms with E-state index >= 15 is 0 Å². The van der Waals surface area contributed by atoms with Crippen LogP contribution in [0.2, 0.25) is 0 Å². The highest BCUT2D eigenvalue weighted by molar-refractivity contribution is 5.81. The van der Waals surface area contributed by atoms with E-state index in [2.05, 4.69) is 19.2 Å². The smallest absolute Gasteiger partial charge is 0.322 e. The number of carbonyl (C=O) groups excluding carboxylic acids is 1. The van der Waals surface area contributed by atoms with Crippen molar-refractivity contribution in [3.63, 3.8) is 0 Å². The first-order valence-electron chi connectivity index (χ1n) is 14.8. The Labute approximate surface area is 199 Å². The van der Waals surface area contributed by atoms with Crippen LogP contribution in [0.1, 0.15) is 91.7 Å². The minimum atomic E-state index is -2.88. The van der Waals surface area contributed by atoms with Crippen LogP contribution in [0, 0.1) is 46.3 Å². The maximum Gasteiger partial charge on any atom is 0.322 e. The van der Waals surface area contributed by atoms with E-state index in [0.29, 0.717) is 12.3 Å². The summed E-state index contributed by atoms with van der Waals surface area (Å²) in [6.45, 7) is 5.95. The number of aliphatic carboxylic acids is 1. The molecule has 4 N–H and O–H groups in total. The third kappa shape index (κ3) is 4.11. The molecule has 1 amide bonds. The number of aliphatic hydroxyl groups excluding tert-OH is 1. The second-order valence-electron chi connectivity index (χ2n) is 11.4. The normalized spacial score (nSPS) is 54.2. The SMILES string of the molecule is [2H]C1([2H])C[C@@]2(C)C3CC[C@@]4(C)C(C(C)CCC(=O)NCC(=O)O)CCC4[C@H]3[C@H](O)C[C@H]2C([2H])([2H])C1([2H])O. The summed E-state index contributed by atoms with van der Waals surface area (Å²) in [7, 11) is 0. The molecule has 6 nitrogen and oxygen atoms in total. The molecule has 0 saturated heterocycles. The van der Waals surface area contributed by atoms with E-state index in [1.54, 1.807) is 0 Å². The van der Waals surface area contributed by atoms with E-state index < -0.39 is 42.2 Å². The Balaban J connectivity index is 1.54. The molecule has 4 fully saturated rings. The molecule has 0 aliphatic heterocycles. The lowest BCUT2D eigenvalue weighted by Gasteiger charge is -2.62. The van der Waals surface area contributed by atoms with Gasteiger partial charge in [0.2, 0.25) is 5.91 Å². The topological polar surface area (TPSA) is 107 Å². The highest BCUT2D eigenvalue weighted by Gasteiger charge is 2.62. The molecule has 4 rings (SSSR count). The van der Waals surface area contributed by atoms with Gasteiger partial charge in [0.1, 0.15) is 6.54 Å². The molecule has 5 unspecified atom stereocenters. The zero-order valence-electron chi connectivity index (χ0n) is 24.6. The van der Waals surface area contributed by atoms with Crippen molar-refractivity contribution in [2.75, 3.05) is 6.54 Å². The van der Waals surface area contributed by atoms with Crippen LogP contribution in [0.5, 0.6) is 0 Å². The van der Waals surface area contributed by atoms with Crippen molar-refractivity contribution in [3.05, 3.63) is 0 Å². The molecule has 4 aliphatic carbocycles. The van der Waals surface area contributed by atoms with Gasteiger partial charge in [-0.3, -0.25) is 9.59 Å². The molecule has 32 heavy (non-hydrogen) atoms. The molecule has 0 aromatic carbocycles. The minimum Gasteiger partial charge on any atom is -0.480 e. The third-order valence-corrected chi connectivity index (χ3v) is 9.87. The van der Waals surface area contributed by atoms with E-state index in [4.69, 9.17) is 12.0 Å². The summed E-state index contributed by atoms with van der Waals surface area (Å²) in [6, 6.07) is 0. The monoisotopic (exact) mass is 454 g/mol. The summed E-state index contributed by atoms with van der Waals surface area (Å²) < 4.78 is 42.5. The van der Waals surface area contributed by atoms with Gasteiger partial charge in [-0.1, -0.05) is 20.8 Å². The Bertz CT molecular complexity index is 931.